The van der Waals surface area contributed by atoms with Crippen molar-refractivity contribution in [2.24, 2.45) is 0 Å². The Labute approximate surface area is 126 Å². The molecular weight excluding hydrogens is 318 g/mol. The second kappa shape index (κ2) is 6.35. The summed E-state index contributed by atoms with van der Waals surface area (Å²) in [6.45, 7) is 4.66. The van der Waals surface area contributed by atoms with Crippen LogP contribution in [0.2, 0.25) is 0 Å². The average molecular weight is 332 g/mol. The van der Waals surface area contributed by atoms with E-state index in [0.717, 1.165) is 22.5 Å². The van der Waals surface area contributed by atoms with Crippen LogP contribution < -0.4 is 10.6 Å². The van der Waals surface area contributed by atoms with Crippen LogP contribution in [0.1, 0.15) is 18.3 Å². The topological polar surface area (TPSA) is 73.6 Å². The highest BCUT2D eigenvalue weighted by atomic mass is 79.9. The molecule has 0 fully saturated rings. The van der Waals surface area contributed by atoms with Crippen molar-refractivity contribution < 1.29 is 0 Å². The largest absolute Gasteiger partial charge is 0.370 e. The monoisotopic (exact) mass is 331 g/mol. The maximum absolute atomic E-state index is 8.85. The van der Waals surface area contributed by atoms with Crippen LogP contribution in [-0.4, -0.2) is 16.5 Å². The maximum atomic E-state index is 8.85. The zero-order valence-electron chi connectivity index (χ0n) is 11.2. The molecule has 0 unspecified atom stereocenters. The van der Waals surface area contributed by atoms with Crippen LogP contribution in [0.3, 0.4) is 0 Å². The molecule has 102 valence electrons. The Balaban J connectivity index is 2.28. The molecule has 0 aliphatic carbocycles. The highest BCUT2D eigenvalue weighted by Gasteiger charge is 2.05. The smallest absolute Gasteiger partial charge is 0.136 e. The van der Waals surface area contributed by atoms with Gasteiger partial charge in [0.05, 0.1) is 17.3 Å². The molecule has 0 bridgehead atoms. The van der Waals surface area contributed by atoms with Crippen molar-refractivity contribution in [3.63, 3.8) is 0 Å². The van der Waals surface area contributed by atoms with Crippen molar-refractivity contribution in [3.05, 3.63) is 40.1 Å². The Morgan fingerprint density at radius 2 is 2.00 bits per heavy atom. The third kappa shape index (κ3) is 3.45. The minimum atomic E-state index is 0.606. The van der Waals surface area contributed by atoms with E-state index in [0.29, 0.717) is 17.2 Å². The Morgan fingerprint density at radius 3 is 2.65 bits per heavy atom. The van der Waals surface area contributed by atoms with Crippen LogP contribution in [0.15, 0.2) is 28.7 Å². The molecule has 2 rings (SSSR count). The SMILES string of the molecule is CCNc1cc(Nc2ccc(C#N)cc2Br)nc(C)n1. The van der Waals surface area contributed by atoms with Crippen molar-refractivity contribution >= 4 is 33.3 Å². The summed E-state index contributed by atoms with van der Waals surface area (Å²) in [6, 6.07) is 9.31. The van der Waals surface area contributed by atoms with E-state index in [2.05, 4.69) is 42.6 Å². The van der Waals surface area contributed by atoms with Crippen LogP contribution in [-0.2, 0) is 0 Å². The van der Waals surface area contributed by atoms with Gasteiger partial charge in [0, 0.05) is 17.1 Å². The number of anilines is 3. The van der Waals surface area contributed by atoms with Crippen LogP contribution in [0.4, 0.5) is 17.3 Å². The summed E-state index contributed by atoms with van der Waals surface area (Å²) in [5.41, 5.74) is 1.46. The highest BCUT2D eigenvalue weighted by molar-refractivity contribution is 9.10. The number of halogens is 1. The molecule has 0 spiro atoms. The van der Waals surface area contributed by atoms with Gasteiger partial charge in [-0.1, -0.05) is 0 Å². The van der Waals surface area contributed by atoms with E-state index in [4.69, 9.17) is 5.26 Å². The molecule has 0 aliphatic rings. The highest BCUT2D eigenvalue weighted by Crippen LogP contribution is 2.26. The molecule has 1 heterocycles. The molecule has 0 radical (unpaired) electrons. The van der Waals surface area contributed by atoms with Gasteiger partial charge >= 0.3 is 0 Å². The zero-order chi connectivity index (χ0) is 14.5. The Morgan fingerprint density at radius 1 is 1.25 bits per heavy atom. The quantitative estimate of drug-likeness (QED) is 0.895. The molecule has 6 heteroatoms. The lowest BCUT2D eigenvalue weighted by molar-refractivity contribution is 1.04. The van der Waals surface area contributed by atoms with Gasteiger partial charge in [-0.2, -0.15) is 5.26 Å². The van der Waals surface area contributed by atoms with Gasteiger partial charge in [-0.25, -0.2) is 9.97 Å². The molecule has 0 atom stereocenters. The van der Waals surface area contributed by atoms with Crippen LogP contribution in [0, 0.1) is 18.3 Å². The predicted molar refractivity (Wildman–Crippen MR) is 83.1 cm³/mol. The van der Waals surface area contributed by atoms with Crippen LogP contribution in [0.25, 0.3) is 0 Å². The average Bonchev–Trinajstić information content (AvgIpc) is 2.41. The number of aryl methyl sites for hydroxylation is 1. The molecule has 1 aromatic heterocycles. The van der Waals surface area contributed by atoms with Crippen LogP contribution >= 0.6 is 15.9 Å². The van der Waals surface area contributed by atoms with Gasteiger partial charge in [-0.15, -0.1) is 0 Å². The van der Waals surface area contributed by atoms with Crippen molar-refractivity contribution in [2.45, 2.75) is 13.8 Å². The Kier molecular flexibility index (Phi) is 4.53. The normalized spacial score (nSPS) is 9.90. The molecule has 2 N–H and O–H groups in total. The van der Waals surface area contributed by atoms with Crippen molar-refractivity contribution in [1.29, 1.82) is 5.26 Å². The number of nitriles is 1. The third-order valence-electron chi connectivity index (χ3n) is 2.56. The molecular formula is C14H14BrN5. The summed E-state index contributed by atoms with van der Waals surface area (Å²) in [5, 5.41) is 15.2. The molecule has 0 saturated heterocycles. The summed E-state index contributed by atoms with van der Waals surface area (Å²) in [7, 11) is 0. The van der Waals surface area contributed by atoms with Crippen molar-refractivity contribution in [1.82, 2.24) is 9.97 Å². The maximum Gasteiger partial charge on any atom is 0.136 e. The number of nitrogens with zero attached hydrogens (tertiary/aromatic N) is 3. The number of aromatic nitrogens is 2. The predicted octanol–water partition coefficient (Wildman–Crippen LogP) is 3.59. The lowest BCUT2D eigenvalue weighted by atomic mass is 10.2. The lowest BCUT2D eigenvalue weighted by Gasteiger charge is -2.10. The molecule has 1 aromatic carbocycles. The second-order valence-corrected chi connectivity index (χ2v) is 5.00. The fourth-order valence-electron chi connectivity index (χ4n) is 1.73. The summed E-state index contributed by atoms with van der Waals surface area (Å²) in [4.78, 5) is 8.65. The van der Waals surface area contributed by atoms with Gasteiger partial charge in [-0.05, 0) is 48.0 Å². The van der Waals surface area contributed by atoms with E-state index < -0.39 is 0 Å². The first-order chi connectivity index (χ1) is 9.62. The summed E-state index contributed by atoms with van der Waals surface area (Å²) >= 11 is 3.44. The zero-order valence-corrected chi connectivity index (χ0v) is 12.8. The molecule has 2 aromatic rings. The summed E-state index contributed by atoms with van der Waals surface area (Å²) < 4.78 is 0.817. The standard InChI is InChI=1S/C14H14BrN5/c1-3-17-13-7-14(19-9(2)18-13)20-12-5-4-10(8-16)6-11(12)15/h4-7H,3H2,1-2H3,(H2,17,18,19,20). The van der Waals surface area contributed by atoms with Gasteiger partial charge in [0.25, 0.3) is 0 Å². The first kappa shape index (κ1) is 14.3. The number of benzene rings is 1. The Bertz CT molecular complexity index is 663. The lowest BCUT2D eigenvalue weighted by Crippen LogP contribution is -2.04. The number of nitrogens with one attached hydrogen (secondary N) is 2. The van der Waals surface area contributed by atoms with E-state index in [-0.39, 0.29) is 0 Å². The summed E-state index contributed by atoms with van der Waals surface area (Å²) in [6.07, 6.45) is 0. The molecule has 0 amide bonds. The molecule has 20 heavy (non-hydrogen) atoms. The van der Waals surface area contributed by atoms with Crippen molar-refractivity contribution in [3.8, 4) is 6.07 Å². The van der Waals surface area contributed by atoms with Gasteiger partial charge < -0.3 is 10.6 Å². The van der Waals surface area contributed by atoms with E-state index in [9.17, 15) is 0 Å². The second-order valence-electron chi connectivity index (χ2n) is 4.15. The molecule has 0 saturated carbocycles. The van der Waals surface area contributed by atoms with E-state index >= 15 is 0 Å². The Hall–Kier alpha value is -2.13. The number of hydrogen-bond donors (Lipinski definition) is 2. The van der Waals surface area contributed by atoms with Gasteiger partial charge in [0.15, 0.2) is 0 Å². The number of hydrogen-bond acceptors (Lipinski definition) is 5. The molecule has 0 aliphatic heterocycles. The number of rotatable bonds is 4. The van der Waals surface area contributed by atoms with E-state index in [1.165, 1.54) is 0 Å². The van der Waals surface area contributed by atoms with E-state index in [1.54, 1.807) is 12.1 Å². The van der Waals surface area contributed by atoms with Gasteiger partial charge in [0.2, 0.25) is 0 Å². The minimum absolute atomic E-state index is 0.606. The molecule has 5 nitrogen and oxygen atoms in total. The fourth-order valence-corrected chi connectivity index (χ4v) is 2.21. The minimum Gasteiger partial charge on any atom is -0.370 e. The van der Waals surface area contributed by atoms with Crippen LogP contribution in [0.5, 0.6) is 0 Å². The van der Waals surface area contributed by atoms with Gasteiger partial charge in [-0.3, -0.25) is 0 Å². The summed E-state index contributed by atoms with van der Waals surface area (Å²) in [5.74, 6) is 2.18. The fraction of sp³-hybridized carbons (Fsp3) is 0.214. The third-order valence-corrected chi connectivity index (χ3v) is 3.21. The first-order valence-electron chi connectivity index (χ1n) is 6.18. The van der Waals surface area contributed by atoms with Gasteiger partial charge in [0.1, 0.15) is 17.5 Å². The van der Waals surface area contributed by atoms with E-state index in [1.807, 2.05) is 26.0 Å². The van der Waals surface area contributed by atoms with Crippen molar-refractivity contribution in [2.75, 3.05) is 17.2 Å². The first-order valence-corrected chi connectivity index (χ1v) is 6.98.